The van der Waals surface area contributed by atoms with Gasteiger partial charge in [0.1, 0.15) is 0 Å². The van der Waals surface area contributed by atoms with E-state index >= 15 is 0 Å². The molecule has 0 radical (unpaired) electrons. The molecule has 0 bridgehead atoms. The maximum Gasteiger partial charge on any atom is 0.165 e. The molecule has 0 amide bonds. The quantitative estimate of drug-likeness (QED) is 0.272. The minimum atomic E-state index is -0.845. The number of ether oxygens (including phenoxy) is 1. The number of rotatable bonds is 10. The number of benzene rings is 3. The number of unbranched alkanes of at least 4 members (excludes halogenated alkanes) is 4. The van der Waals surface area contributed by atoms with Crippen LogP contribution < -0.4 is 4.74 Å². The molecule has 1 aliphatic rings. The molecule has 3 aromatic rings. The van der Waals surface area contributed by atoms with Crippen LogP contribution in [0.4, 0.5) is 13.2 Å². The van der Waals surface area contributed by atoms with Crippen LogP contribution in [0, 0.1) is 17.5 Å². The maximum absolute atomic E-state index is 14.8. The van der Waals surface area contributed by atoms with Gasteiger partial charge < -0.3 is 4.74 Å². The third kappa shape index (κ3) is 6.22. The van der Waals surface area contributed by atoms with E-state index in [9.17, 15) is 13.2 Å². The van der Waals surface area contributed by atoms with Crippen LogP contribution in [0.25, 0.3) is 11.1 Å². The fourth-order valence-corrected chi connectivity index (χ4v) is 4.72. The summed E-state index contributed by atoms with van der Waals surface area (Å²) in [4.78, 5) is 0. The molecule has 180 valence electrons. The molecular weight excluding hydrogens is 433 g/mol. The molecule has 3 aromatic carbocycles. The van der Waals surface area contributed by atoms with Gasteiger partial charge in [0.15, 0.2) is 23.2 Å². The van der Waals surface area contributed by atoms with Crippen molar-refractivity contribution in [2.75, 3.05) is 0 Å². The van der Waals surface area contributed by atoms with Crippen LogP contribution in [-0.2, 0) is 19.3 Å². The third-order valence-electron chi connectivity index (χ3n) is 6.73. The molecule has 0 fully saturated rings. The van der Waals surface area contributed by atoms with Crippen molar-refractivity contribution in [3.63, 3.8) is 0 Å². The summed E-state index contributed by atoms with van der Waals surface area (Å²) in [5, 5.41) is 0. The lowest BCUT2D eigenvalue weighted by atomic mass is 9.94. The Morgan fingerprint density at radius 1 is 0.735 bits per heavy atom. The van der Waals surface area contributed by atoms with Crippen LogP contribution in [0.1, 0.15) is 68.6 Å². The van der Waals surface area contributed by atoms with Gasteiger partial charge in [0, 0.05) is 0 Å². The zero-order chi connectivity index (χ0) is 23.9. The van der Waals surface area contributed by atoms with E-state index in [0.717, 1.165) is 66.8 Å². The summed E-state index contributed by atoms with van der Waals surface area (Å²) >= 11 is 0. The first-order valence-electron chi connectivity index (χ1n) is 12.6. The van der Waals surface area contributed by atoms with Gasteiger partial charge in [-0.15, -0.1) is 0 Å². The van der Waals surface area contributed by atoms with E-state index in [-0.39, 0.29) is 11.9 Å². The number of hydrogen-bond donors (Lipinski definition) is 0. The van der Waals surface area contributed by atoms with Crippen molar-refractivity contribution in [1.29, 1.82) is 0 Å². The van der Waals surface area contributed by atoms with Gasteiger partial charge in [0.25, 0.3) is 0 Å². The topological polar surface area (TPSA) is 9.23 Å². The normalized spacial score (nSPS) is 15.1. The van der Waals surface area contributed by atoms with Gasteiger partial charge in [-0.25, -0.2) is 13.2 Å². The lowest BCUT2D eigenvalue weighted by Gasteiger charge is -2.27. The Kier molecular flexibility index (Phi) is 8.31. The van der Waals surface area contributed by atoms with E-state index in [2.05, 4.69) is 13.0 Å². The second-order valence-corrected chi connectivity index (χ2v) is 9.37. The van der Waals surface area contributed by atoms with Gasteiger partial charge in [-0.1, -0.05) is 69.0 Å². The van der Waals surface area contributed by atoms with E-state index in [1.54, 1.807) is 12.1 Å². The Hall–Kier alpha value is -2.75. The predicted molar refractivity (Wildman–Crippen MR) is 132 cm³/mol. The highest BCUT2D eigenvalue weighted by molar-refractivity contribution is 5.63. The van der Waals surface area contributed by atoms with Crippen molar-refractivity contribution in [1.82, 2.24) is 0 Å². The average molecular weight is 467 g/mol. The molecule has 1 atom stereocenters. The van der Waals surface area contributed by atoms with Crippen LogP contribution in [0.3, 0.4) is 0 Å². The zero-order valence-electron chi connectivity index (χ0n) is 19.9. The smallest absolute Gasteiger partial charge is 0.165 e. The van der Waals surface area contributed by atoms with Crippen molar-refractivity contribution in [2.24, 2.45) is 0 Å². The molecule has 34 heavy (non-hydrogen) atoms. The van der Waals surface area contributed by atoms with Gasteiger partial charge in [0.05, 0.1) is 6.10 Å². The fraction of sp³-hybridized carbons (Fsp3) is 0.400. The van der Waals surface area contributed by atoms with E-state index in [4.69, 9.17) is 4.74 Å². The molecule has 4 rings (SSSR count). The first-order chi connectivity index (χ1) is 16.5. The molecule has 0 spiro atoms. The van der Waals surface area contributed by atoms with E-state index in [1.807, 2.05) is 24.3 Å². The van der Waals surface area contributed by atoms with E-state index < -0.39 is 11.6 Å². The second-order valence-electron chi connectivity index (χ2n) is 9.37. The SMILES string of the molecule is CCCCCCCc1cc(F)c2c(c1)CCC(CCc1ccc(-c3ccc(F)c(F)c3)cc1)O2. The van der Waals surface area contributed by atoms with Crippen LogP contribution >= 0.6 is 0 Å². The van der Waals surface area contributed by atoms with Crippen LogP contribution in [0.5, 0.6) is 5.75 Å². The van der Waals surface area contributed by atoms with Crippen molar-refractivity contribution in [3.05, 3.63) is 88.7 Å². The summed E-state index contributed by atoms with van der Waals surface area (Å²) in [5.74, 6) is -1.49. The Morgan fingerprint density at radius 3 is 2.26 bits per heavy atom. The van der Waals surface area contributed by atoms with Gasteiger partial charge in [0.2, 0.25) is 0 Å². The fourth-order valence-electron chi connectivity index (χ4n) is 4.72. The Morgan fingerprint density at radius 2 is 1.50 bits per heavy atom. The molecule has 1 nitrogen and oxygen atoms in total. The summed E-state index contributed by atoms with van der Waals surface area (Å²) < 4.78 is 47.5. The van der Waals surface area contributed by atoms with Gasteiger partial charge in [-0.2, -0.15) is 0 Å². The molecule has 1 heterocycles. The Bertz CT molecular complexity index is 1090. The summed E-state index contributed by atoms with van der Waals surface area (Å²) in [6, 6.07) is 15.6. The predicted octanol–water partition coefficient (Wildman–Crippen LogP) is 8.61. The van der Waals surface area contributed by atoms with E-state index in [0.29, 0.717) is 11.3 Å². The summed E-state index contributed by atoms with van der Waals surface area (Å²) in [6.07, 6.45) is 10.3. The third-order valence-corrected chi connectivity index (χ3v) is 6.73. The van der Waals surface area contributed by atoms with Gasteiger partial charge >= 0.3 is 0 Å². The summed E-state index contributed by atoms with van der Waals surface area (Å²) in [5.41, 5.74) is 4.70. The summed E-state index contributed by atoms with van der Waals surface area (Å²) in [6.45, 7) is 2.21. The van der Waals surface area contributed by atoms with Crippen molar-refractivity contribution in [2.45, 2.75) is 77.2 Å². The van der Waals surface area contributed by atoms with Crippen LogP contribution in [-0.4, -0.2) is 6.10 Å². The summed E-state index contributed by atoms with van der Waals surface area (Å²) in [7, 11) is 0. The molecule has 1 unspecified atom stereocenters. The minimum Gasteiger partial charge on any atom is -0.487 e. The molecule has 0 saturated heterocycles. The second kappa shape index (κ2) is 11.6. The number of fused-ring (bicyclic) bond motifs is 1. The Balaban J connectivity index is 1.30. The molecule has 0 N–H and O–H groups in total. The van der Waals surface area contributed by atoms with E-state index in [1.165, 1.54) is 31.7 Å². The molecular formula is C30H33F3O. The standard InChI is InChI=1S/C30H33F3O/c1-2-3-4-5-6-7-22-18-25-13-16-26(34-30(25)29(33)19-22)15-10-21-8-11-23(12-9-21)24-14-17-27(31)28(32)20-24/h8-9,11-12,14,17-20,26H,2-7,10,13,15-16H2,1H3. The van der Waals surface area contributed by atoms with Crippen LogP contribution in [0.2, 0.25) is 0 Å². The molecule has 1 aliphatic heterocycles. The highest BCUT2D eigenvalue weighted by atomic mass is 19.2. The molecule has 0 saturated carbocycles. The maximum atomic E-state index is 14.8. The van der Waals surface area contributed by atoms with Crippen molar-refractivity contribution < 1.29 is 17.9 Å². The number of halogens is 3. The lowest BCUT2D eigenvalue weighted by molar-refractivity contribution is 0.156. The molecule has 0 aliphatic carbocycles. The first kappa shape index (κ1) is 24.4. The molecule has 4 heteroatoms. The minimum absolute atomic E-state index is 0.00670. The van der Waals surface area contributed by atoms with Crippen LogP contribution in [0.15, 0.2) is 54.6 Å². The first-order valence-corrected chi connectivity index (χ1v) is 12.6. The highest BCUT2D eigenvalue weighted by Gasteiger charge is 2.23. The van der Waals surface area contributed by atoms with Gasteiger partial charge in [-0.05, 0) is 84.5 Å². The average Bonchev–Trinajstić information content (AvgIpc) is 2.85. The van der Waals surface area contributed by atoms with Gasteiger partial charge in [-0.3, -0.25) is 0 Å². The lowest BCUT2D eigenvalue weighted by Crippen LogP contribution is -2.24. The highest BCUT2D eigenvalue weighted by Crippen LogP contribution is 2.33. The largest absolute Gasteiger partial charge is 0.487 e. The number of aryl methyl sites for hydroxylation is 3. The Labute approximate surface area is 201 Å². The van der Waals surface area contributed by atoms with Crippen molar-refractivity contribution >= 4 is 0 Å². The monoisotopic (exact) mass is 466 g/mol. The zero-order valence-corrected chi connectivity index (χ0v) is 19.9. The number of hydrogen-bond acceptors (Lipinski definition) is 1. The molecule has 0 aromatic heterocycles. The van der Waals surface area contributed by atoms with Crippen molar-refractivity contribution in [3.8, 4) is 16.9 Å².